The molecule has 1 rings (SSSR count). The molecule has 0 heterocycles. The average molecular weight is 665 g/mol. The molecule has 0 unspecified atom stereocenters. The Hall–Kier alpha value is -4.07. The molecule has 0 bridgehead atoms. The normalized spacial score (nSPS) is 13.0. The Bertz CT molecular complexity index is 1190. The molecule has 14 heteroatoms. The van der Waals surface area contributed by atoms with E-state index < -0.39 is 60.3 Å². The Kier molecular flexibility index (Phi) is 18.8. The molecule has 0 aromatic heterocycles. The lowest BCUT2D eigenvalue weighted by Crippen LogP contribution is -2.57. The maximum absolute atomic E-state index is 13.3. The van der Waals surface area contributed by atoms with E-state index in [0.29, 0.717) is 13.0 Å². The van der Waals surface area contributed by atoms with Gasteiger partial charge in [-0.05, 0) is 55.2 Å². The molecule has 5 N–H and O–H groups in total. The lowest BCUT2D eigenvalue weighted by molar-refractivity contribution is -0.138. The van der Waals surface area contributed by atoms with E-state index in [2.05, 4.69) is 33.9 Å². The number of rotatable bonds is 20. The van der Waals surface area contributed by atoms with Gasteiger partial charge >= 0.3 is 18.0 Å². The number of nitrogens with one attached hydrogen (secondary N) is 4. The third-order valence-corrected chi connectivity index (χ3v) is 6.72. The molecular formula is C32H48N4O9S. The fraction of sp³-hybridized carbons (Fsp3) is 0.562. The molecule has 46 heavy (non-hydrogen) atoms. The minimum Gasteiger partial charge on any atom is -0.481 e. The van der Waals surface area contributed by atoms with Crippen LogP contribution in [-0.4, -0.2) is 84.5 Å². The number of alkyl carbamates (subject to hydrolysis) is 1. The number of hydrogen-bond donors (Lipinski definition) is 6. The molecule has 0 aliphatic carbocycles. The molecule has 0 radical (unpaired) electrons. The summed E-state index contributed by atoms with van der Waals surface area (Å²) in [7, 11) is 0. The fourth-order valence-corrected chi connectivity index (χ4v) is 4.26. The number of ether oxygens (including phenoxy) is 2. The Morgan fingerprint density at radius 1 is 0.848 bits per heavy atom. The van der Waals surface area contributed by atoms with Gasteiger partial charge in [-0.15, -0.1) is 0 Å². The molecule has 3 atom stereocenters. The number of carbonyl (C=O) groups is 6. The summed E-state index contributed by atoms with van der Waals surface area (Å²) in [5, 5.41) is 19.5. The molecule has 1 aromatic rings. The number of aliphatic carboxylic acids is 1. The lowest BCUT2D eigenvalue weighted by atomic mass is 10.0. The molecule has 0 saturated carbocycles. The van der Waals surface area contributed by atoms with E-state index in [1.807, 2.05) is 52.0 Å². The number of benzene rings is 1. The van der Waals surface area contributed by atoms with Crippen LogP contribution < -0.4 is 21.3 Å². The fourth-order valence-electron chi connectivity index (χ4n) is 4.01. The minimum atomic E-state index is -1.26. The van der Waals surface area contributed by atoms with Crippen molar-refractivity contribution in [2.75, 3.05) is 25.5 Å². The number of thiol groups is 1. The van der Waals surface area contributed by atoms with Crippen molar-refractivity contribution in [3.63, 3.8) is 0 Å². The lowest BCUT2D eigenvalue weighted by Gasteiger charge is -2.25. The van der Waals surface area contributed by atoms with E-state index in [9.17, 15) is 28.8 Å². The quantitative estimate of drug-likeness (QED) is 0.0691. The predicted molar refractivity (Wildman–Crippen MR) is 176 cm³/mol. The van der Waals surface area contributed by atoms with Crippen LogP contribution in [0.3, 0.4) is 0 Å². The maximum atomic E-state index is 13.3. The van der Waals surface area contributed by atoms with Crippen LogP contribution in [0.5, 0.6) is 0 Å². The molecule has 0 spiro atoms. The summed E-state index contributed by atoms with van der Waals surface area (Å²) in [5.74, 6) is -3.41. The van der Waals surface area contributed by atoms with Crippen molar-refractivity contribution in [1.29, 1.82) is 0 Å². The van der Waals surface area contributed by atoms with Crippen LogP contribution in [0.4, 0.5) is 4.79 Å². The van der Waals surface area contributed by atoms with Gasteiger partial charge < -0.3 is 35.8 Å². The van der Waals surface area contributed by atoms with E-state index in [4.69, 9.17) is 14.6 Å². The van der Waals surface area contributed by atoms with Gasteiger partial charge in [0.2, 0.25) is 17.7 Å². The molecule has 0 aliphatic heterocycles. The van der Waals surface area contributed by atoms with Crippen LogP contribution in [0.2, 0.25) is 0 Å². The Balaban J connectivity index is 2.81. The largest absolute Gasteiger partial charge is 0.481 e. The van der Waals surface area contributed by atoms with Gasteiger partial charge in [-0.2, -0.15) is 12.6 Å². The monoisotopic (exact) mass is 664 g/mol. The second-order valence-corrected chi connectivity index (χ2v) is 11.8. The summed E-state index contributed by atoms with van der Waals surface area (Å²) in [6.45, 7) is 9.79. The highest BCUT2D eigenvalue weighted by Crippen LogP contribution is 2.09. The molecule has 0 saturated heterocycles. The topological polar surface area (TPSA) is 189 Å². The van der Waals surface area contributed by atoms with Gasteiger partial charge in [0.1, 0.15) is 18.1 Å². The third-order valence-electron chi connectivity index (χ3n) is 6.35. The zero-order chi connectivity index (χ0) is 34.6. The summed E-state index contributed by atoms with van der Waals surface area (Å²) < 4.78 is 9.93. The van der Waals surface area contributed by atoms with E-state index in [1.54, 1.807) is 13.0 Å². The maximum Gasteiger partial charge on any atom is 0.407 e. The van der Waals surface area contributed by atoms with Gasteiger partial charge in [-0.3, -0.25) is 19.2 Å². The molecule has 0 fully saturated rings. The first-order valence-electron chi connectivity index (χ1n) is 15.3. The number of hydrogen-bond acceptors (Lipinski definition) is 9. The highest BCUT2D eigenvalue weighted by atomic mass is 32.1. The van der Waals surface area contributed by atoms with Crippen LogP contribution in [0.25, 0.3) is 6.08 Å². The van der Waals surface area contributed by atoms with Crippen molar-refractivity contribution in [1.82, 2.24) is 21.3 Å². The molecular weight excluding hydrogens is 616 g/mol. The summed E-state index contributed by atoms with van der Waals surface area (Å²) in [4.78, 5) is 74.1. The smallest absolute Gasteiger partial charge is 0.407 e. The highest BCUT2D eigenvalue weighted by molar-refractivity contribution is 7.80. The Morgan fingerprint density at radius 2 is 1.48 bits per heavy atom. The third kappa shape index (κ3) is 16.8. The van der Waals surface area contributed by atoms with Crippen LogP contribution >= 0.6 is 12.6 Å². The zero-order valence-corrected chi connectivity index (χ0v) is 28.1. The van der Waals surface area contributed by atoms with Gasteiger partial charge in [0.05, 0.1) is 13.2 Å². The number of carboxylic acid groups (broad SMARTS) is 1. The summed E-state index contributed by atoms with van der Waals surface area (Å²) >= 11 is 4.22. The van der Waals surface area contributed by atoms with Crippen LogP contribution in [0, 0.1) is 11.8 Å². The van der Waals surface area contributed by atoms with Crippen molar-refractivity contribution < 1.29 is 43.3 Å². The summed E-state index contributed by atoms with van der Waals surface area (Å²) in [5.41, 5.74) is 1.76. The van der Waals surface area contributed by atoms with Crippen molar-refractivity contribution in [2.45, 2.75) is 78.4 Å². The summed E-state index contributed by atoms with van der Waals surface area (Å²) in [6.07, 6.45) is 2.22. The van der Waals surface area contributed by atoms with Gasteiger partial charge in [0.15, 0.2) is 0 Å². The number of carboxylic acids is 1. The SMILES string of the molecule is CCOC(=O)/C=C/c1ccc(CCNC(=O)[C@H](CS)NC(=O)[C@H](CC(C)C)NC(=O)[C@H](CCC(=O)O)NC(=O)OCC(C)C)cc1. The van der Waals surface area contributed by atoms with Crippen LogP contribution in [-0.2, 0) is 39.9 Å². The zero-order valence-electron chi connectivity index (χ0n) is 27.2. The molecule has 1 aromatic carbocycles. The first-order valence-corrected chi connectivity index (χ1v) is 16.0. The molecule has 13 nitrogen and oxygen atoms in total. The van der Waals surface area contributed by atoms with Crippen molar-refractivity contribution >= 4 is 54.5 Å². The molecule has 256 valence electrons. The van der Waals surface area contributed by atoms with Crippen LogP contribution in [0.1, 0.15) is 65.0 Å². The molecule has 4 amide bonds. The van der Waals surface area contributed by atoms with Crippen molar-refractivity contribution in [2.24, 2.45) is 11.8 Å². The second kappa shape index (κ2) is 21.6. The van der Waals surface area contributed by atoms with Gasteiger partial charge in [0, 0.05) is 24.8 Å². The number of carbonyl (C=O) groups excluding carboxylic acids is 5. The highest BCUT2D eigenvalue weighted by Gasteiger charge is 2.30. The summed E-state index contributed by atoms with van der Waals surface area (Å²) in [6, 6.07) is 4.09. The number of amides is 4. The van der Waals surface area contributed by atoms with Gasteiger partial charge in [0.25, 0.3) is 0 Å². The number of esters is 1. The van der Waals surface area contributed by atoms with Gasteiger partial charge in [-0.1, -0.05) is 52.0 Å². The second-order valence-electron chi connectivity index (χ2n) is 11.4. The Morgan fingerprint density at radius 3 is 2.04 bits per heavy atom. The van der Waals surface area contributed by atoms with Crippen molar-refractivity contribution in [3.8, 4) is 0 Å². The first kappa shape index (κ1) is 40.0. The van der Waals surface area contributed by atoms with Crippen LogP contribution in [0.15, 0.2) is 30.3 Å². The minimum absolute atomic E-state index is 0.00804. The van der Waals surface area contributed by atoms with E-state index in [1.165, 1.54) is 6.08 Å². The van der Waals surface area contributed by atoms with E-state index in [0.717, 1.165) is 11.1 Å². The van der Waals surface area contributed by atoms with E-state index in [-0.39, 0.29) is 43.6 Å². The predicted octanol–water partition coefficient (Wildman–Crippen LogP) is 2.48. The first-order chi connectivity index (χ1) is 21.7. The van der Waals surface area contributed by atoms with Gasteiger partial charge in [-0.25, -0.2) is 9.59 Å². The Labute approximate surface area is 276 Å². The van der Waals surface area contributed by atoms with Crippen molar-refractivity contribution in [3.05, 3.63) is 41.5 Å². The standard InChI is InChI=1S/C32H48N4O9S/c1-6-44-28(39)14-11-22-7-9-23(10-8-22)15-16-33-29(40)26(19-46)35-31(42)25(17-20(2)3)34-30(41)24(12-13-27(37)38)36-32(43)45-18-21(4)5/h7-11,14,20-21,24-26,46H,6,12-13,15-19H2,1-5H3,(H,33,40)(H,34,41)(H,35,42)(H,36,43)(H,37,38)/b14-11+/t24-,25-,26-/m0/s1. The average Bonchev–Trinajstić information content (AvgIpc) is 2.99. The van der Waals surface area contributed by atoms with E-state index >= 15 is 0 Å². The molecule has 0 aliphatic rings.